The summed E-state index contributed by atoms with van der Waals surface area (Å²) in [7, 11) is 0. The maximum absolute atomic E-state index is 14.2. The fourth-order valence-electron chi connectivity index (χ4n) is 10.1. The van der Waals surface area contributed by atoms with E-state index in [9.17, 15) is 30.0 Å². The van der Waals surface area contributed by atoms with E-state index in [4.69, 9.17) is 25.4 Å². The minimum absolute atomic E-state index is 0.00558. The van der Waals surface area contributed by atoms with Crippen molar-refractivity contribution in [1.82, 2.24) is 16.0 Å². The first-order valence-corrected chi connectivity index (χ1v) is 20.9. The lowest BCUT2D eigenvalue weighted by atomic mass is 9.65. The third kappa shape index (κ3) is 7.14. The number of nitrogens with one attached hydrogen (secondary N) is 3. The number of esters is 1. The summed E-state index contributed by atoms with van der Waals surface area (Å²) in [5, 5.41) is 54.9. The number of phenolic OH excluding ortho intramolecular Hbond substituents is 2. The van der Waals surface area contributed by atoms with E-state index in [1.807, 2.05) is 44.3 Å². The van der Waals surface area contributed by atoms with Crippen LogP contribution in [-0.4, -0.2) is 70.5 Å². The molecule has 7 atom stereocenters. The van der Waals surface area contributed by atoms with Crippen LogP contribution in [0.2, 0.25) is 0 Å². The molecule has 60 heavy (non-hydrogen) atoms. The maximum atomic E-state index is 14.2. The molecule has 1 unspecified atom stereocenters. The zero-order valence-corrected chi connectivity index (χ0v) is 34.2. The Morgan fingerprint density at radius 1 is 1.20 bits per heavy atom. The summed E-state index contributed by atoms with van der Waals surface area (Å²) in [5.41, 5.74) is 16.6. The van der Waals surface area contributed by atoms with Crippen molar-refractivity contribution in [3.8, 4) is 17.2 Å². The largest absolute Gasteiger partial charge is 0.508 e. The van der Waals surface area contributed by atoms with Crippen LogP contribution in [0.5, 0.6) is 17.2 Å². The second-order valence-corrected chi connectivity index (χ2v) is 16.6. The average molecular weight is 822 g/mol. The van der Waals surface area contributed by atoms with Crippen molar-refractivity contribution in [3.05, 3.63) is 121 Å². The number of hydrogen-bond donors (Lipinski definition) is 9. The van der Waals surface area contributed by atoms with Gasteiger partial charge in [0.25, 0.3) is 0 Å². The summed E-state index contributed by atoms with van der Waals surface area (Å²) in [4.78, 5) is 28.3. The molecule has 14 nitrogen and oxygen atoms in total. The first-order chi connectivity index (χ1) is 28.9. The smallest absolute Gasteiger partial charge is 0.335 e. The fourth-order valence-corrected chi connectivity index (χ4v) is 10.1. The van der Waals surface area contributed by atoms with Gasteiger partial charge in [-0.25, -0.2) is 4.79 Å². The quantitative estimate of drug-likeness (QED) is 0.111. The van der Waals surface area contributed by atoms with Gasteiger partial charge < -0.3 is 61.7 Å². The number of benzene rings is 2. The second-order valence-electron chi connectivity index (χ2n) is 16.6. The Labute approximate surface area is 348 Å². The SMILES string of the molecule is C/C=C(/CNCC)C(=O)O[C@@H]1Cc2c3c(c4oc(CO)cc(=O)c4c2O)[C@@H]2C4=CCNC(N)=C4[C@@H](CCc4ccc(O)cc4[C@H]2CO)C[C@@H](CC2=CNC(N)C=C2)[C@]1(C)O3. The highest BCUT2D eigenvalue weighted by Crippen LogP contribution is 2.59. The summed E-state index contributed by atoms with van der Waals surface area (Å²) in [6, 6.07) is 6.36. The lowest BCUT2D eigenvalue weighted by Crippen LogP contribution is -2.57. The predicted molar refractivity (Wildman–Crippen MR) is 226 cm³/mol. The number of allylic oxidation sites excluding steroid dienone is 5. The third-order valence-corrected chi connectivity index (χ3v) is 13.2. The number of hydrogen-bond acceptors (Lipinski definition) is 14. The van der Waals surface area contributed by atoms with Crippen molar-refractivity contribution in [3.63, 3.8) is 0 Å². The minimum Gasteiger partial charge on any atom is -0.508 e. The second kappa shape index (κ2) is 16.5. The van der Waals surface area contributed by atoms with Gasteiger partial charge in [-0.2, -0.15) is 0 Å². The van der Waals surface area contributed by atoms with Crippen LogP contribution in [0.25, 0.3) is 11.0 Å². The molecule has 2 aromatic carbocycles. The number of phenols is 2. The summed E-state index contributed by atoms with van der Waals surface area (Å²) in [5.74, 6) is -2.38. The van der Waals surface area contributed by atoms with Crippen LogP contribution in [0.3, 0.4) is 0 Å². The van der Waals surface area contributed by atoms with Gasteiger partial charge in [0.15, 0.2) is 5.43 Å². The van der Waals surface area contributed by atoms with E-state index in [2.05, 4.69) is 16.0 Å². The Morgan fingerprint density at radius 2 is 2.02 bits per heavy atom. The van der Waals surface area contributed by atoms with Gasteiger partial charge in [0.1, 0.15) is 58.1 Å². The monoisotopic (exact) mass is 821 g/mol. The molecule has 0 saturated heterocycles. The van der Waals surface area contributed by atoms with Crippen molar-refractivity contribution in [2.45, 2.75) is 89.2 Å². The highest BCUT2D eigenvalue weighted by molar-refractivity contribution is 5.92. The Hall–Kier alpha value is -5.54. The number of carbonyl (C=O) groups excluding carboxylic acids is 1. The van der Waals surface area contributed by atoms with Gasteiger partial charge >= 0.3 is 5.97 Å². The number of likely N-dealkylation sites (N-methyl/N-ethyl adjacent to an activating group) is 1. The van der Waals surface area contributed by atoms with Crippen LogP contribution >= 0.6 is 0 Å². The summed E-state index contributed by atoms with van der Waals surface area (Å²) < 4.78 is 20.4. The number of nitrogens with two attached hydrogens (primary N) is 2. The van der Waals surface area contributed by atoms with Crippen LogP contribution < -0.4 is 37.6 Å². The summed E-state index contributed by atoms with van der Waals surface area (Å²) in [6.07, 6.45) is 10.3. The molecule has 0 saturated carbocycles. The van der Waals surface area contributed by atoms with Gasteiger partial charge in [-0.1, -0.05) is 31.2 Å². The lowest BCUT2D eigenvalue weighted by Gasteiger charge is -2.50. The van der Waals surface area contributed by atoms with Crippen molar-refractivity contribution in [2.75, 3.05) is 26.2 Å². The molecular formula is C46H55N5O9. The number of ether oxygens (including phenoxy) is 2. The molecule has 5 heterocycles. The normalized spacial score (nSPS) is 27.2. The standard InChI is InChI=1S/C46H55N5O9/c1-4-24(20-49-5-2)45(57)59-35-18-32-41(56)39-34(55)17-29(21-52)58-43(39)40-38-30-12-13-50-44(48)37(30)26(8-7-25-9-10-28(54)16-31(25)33(38)22-53)15-27(46(35,3)60-42(32)40)14-23-6-11-36(47)51-19-23/h4,6,9-12,16-17,19,26-27,33,35-36,38,49-54,56H,5,7-8,13-15,18,20-22,47-48H2,1-3H3/b24-4-/t26-,27+,33+,35+,36?,38+,46-/m0/s1. The van der Waals surface area contributed by atoms with Gasteiger partial charge in [-0.15, -0.1) is 0 Å². The molecule has 8 rings (SSSR count). The number of aryl methyl sites for hydroxylation is 1. The van der Waals surface area contributed by atoms with Gasteiger partial charge in [0.2, 0.25) is 0 Å². The van der Waals surface area contributed by atoms with E-state index < -0.39 is 48.2 Å². The number of rotatable bonds is 9. The molecule has 4 bridgehead atoms. The van der Waals surface area contributed by atoms with Crippen molar-refractivity contribution in [2.24, 2.45) is 23.3 Å². The summed E-state index contributed by atoms with van der Waals surface area (Å²) in [6.45, 7) is 5.97. The van der Waals surface area contributed by atoms with Gasteiger partial charge in [-0.05, 0) is 98.0 Å². The number of fused-ring (bicyclic) bond motifs is 5. The number of aliphatic hydroxyl groups is 2. The predicted octanol–water partition coefficient (Wildman–Crippen LogP) is 3.72. The van der Waals surface area contributed by atoms with E-state index in [-0.39, 0.29) is 70.5 Å². The molecule has 4 aliphatic heterocycles. The van der Waals surface area contributed by atoms with Crippen LogP contribution in [0, 0.1) is 11.8 Å². The summed E-state index contributed by atoms with van der Waals surface area (Å²) >= 11 is 0. The molecule has 1 aliphatic carbocycles. The molecule has 11 N–H and O–H groups in total. The third-order valence-electron chi connectivity index (χ3n) is 13.2. The molecule has 5 aliphatic rings. The molecule has 3 aromatic rings. The first kappa shape index (κ1) is 41.2. The first-order valence-electron chi connectivity index (χ1n) is 20.9. The number of dihydropyridines is 2. The molecule has 14 heteroatoms. The van der Waals surface area contributed by atoms with E-state index >= 15 is 0 Å². The van der Waals surface area contributed by atoms with E-state index in [0.29, 0.717) is 61.3 Å². The number of aromatic hydroxyl groups is 2. The Morgan fingerprint density at radius 3 is 2.73 bits per heavy atom. The highest BCUT2D eigenvalue weighted by Gasteiger charge is 2.54. The Balaban J connectivity index is 1.48. The maximum Gasteiger partial charge on any atom is 0.335 e. The van der Waals surface area contributed by atoms with E-state index in [1.54, 1.807) is 25.1 Å². The van der Waals surface area contributed by atoms with Crippen LogP contribution in [0.15, 0.2) is 92.1 Å². The zero-order chi connectivity index (χ0) is 42.5. The number of aliphatic hydroxyl groups excluding tert-OH is 2. The molecule has 1 aromatic heterocycles. The highest BCUT2D eigenvalue weighted by atomic mass is 16.6. The van der Waals surface area contributed by atoms with Gasteiger partial charge in [-0.3, -0.25) is 4.79 Å². The Bertz CT molecular complexity index is 2430. The molecule has 0 radical (unpaired) electrons. The van der Waals surface area contributed by atoms with Crippen molar-refractivity contribution in [1.29, 1.82) is 0 Å². The van der Waals surface area contributed by atoms with E-state index in [1.165, 1.54) is 0 Å². The number of carbonyl (C=O) groups is 1. The molecule has 0 spiro atoms. The zero-order valence-electron chi connectivity index (χ0n) is 34.2. The molecule has 0 fully saturated rings. The van der Waals surface area contributed by atoms with Crippen molar-refractivity contribution >= 4 is 16.9 Å². The topological polar surface area (TPSA) is 235 Å². The van der Waals surface area contributed by atoms with Crippen LogP contribution in [0.1, 0.15) is 79.9 Å². The lowest BCUT2D eigenvalue weighted by molar-refractivity contribution is -0.165. The molecule has 0 amide bonds. The van der Waals surface area contributed by atoms with Crippen molar-refractivity contribution < 1.29 is 39.1 Å². The van der Waals surface area contributed by atoms with Gasteiger partial charge in [0, 0.05) is 66.2 Å². The van der Waals surface area contributed by atoms with Crippen LogP contribution in [0.4, 0.5) is 0 Å². The average Bonchev–Trinajstić information content (AvgIpc) is 3.28. The Kier molecular flexibility index (Phi) is 11.3. The minimum atomic E-state index is -1.28. The fraction of sp³-hybridized carbons (Fsp3) is 0.435. The van der Waals surface area contributed by atoms with Crippen LogP contribution in [-0.2, 0) is 29.0 Å². The molecule has 318 valence electrons. The van der Waals surface area contributed by atoms with Gasteiger partial charge in [0.05, 0.1) is 12.8 Å². The molecular weight excluding hydrogens is 767 g/mol. The van der Waals surface area contributed by atoms with E-state index in [0.717, 1.165) is 28.3 Å².